The molecule has 3 atom stereocenters. The summed E-state index contributed by atoms with van der Waals surface area (Å²) in [7, 11) is 0. The topological polar surface area (TPSA) is 54.5 Å². The summed E-state index contributed by atoms with van der Waals surface area (Å²) in [5.74, 6) is -1.02. The highest BCUT2D eigenvalue weighted by Crippen LogP contribution is 2.61. The Balaban J connectivity index is 1.70. The van der Waals surface area contributed by atoms with E-state index in [1.165, 1.54) is 0 Å². The number of para-hydroxylation sites is 1. The molecule has 0 radical (unpaired) electrons. The molecule has 1 saturated heterocycles. The van der Waals surface area contributed by atoms with Gasteiger partial charge in [-0.05, 0) is 29.3 Å². The van der Waals surface area contributed by atoms with E-state index in [0.29, 0.717) is 11.1 Å². The Bertz CT molecular complexity index is 1430. The number of carbonyl (C=O) groups excluding carboxylic acids is 3. The molecule has 0 saturated carbocycles. The third-order valence-corrected chi connectivity index (χ3v) is 8.48. The van der Waals surface area contributed by atoms with Crippen molar-refractivity contribution in [1.82, 2.24) is 0 Å². The van der Waals surface area contributed by atoms with E-state index in [4.69, 9.17) is 0 Å². The molecule has 2 aliphatic heterocycles. The summed E-state index contributed by atoms with van der Waals surface area (Å²) >= 11 is 3.51. The van der Waals surface area contributed by atoms with Gasteiger partial charge in [-0.15, -0.1) is 0 Å². The Morgan fingerprint density at radius 2 is 1.44 bits per heavy atom. The molecule has 3 aromatic carbocycles. The third kappa shape index (κ3) is 2.95. The number of carbonyl (C=O) groups is 3. The Morgan fingerprint density at radius 1 is 0.861 bits per heavy atom. The first-order chi connectivity index (χ1) is 17.2. The van der Waals surface area contributed by atoms with Crippen molar-refractivity contribution in [3.8, 4) is 0 Å². The fourth-order valence-corrected chi connectivity index (χ4v) is 6.67. The smallest absolute Gasteiger partial charge is 0.180 e. The summed E-state index contributed by atoms with van der Waals surface area (Å²) in [4.78, 5) is 45.3. The standard InChI is InChI=1S/C31H26BrNO3/c1-30(2,3)29(36)26-25(19-12-15-20(32)16-13-19)31(27(34)21-9-5-6-10-22(21)28(31)35)24-17-14-18-8-4-7-11-23(18)33(24)26/h4-17,24-26H,1-3H3/t24-,25-,26+/m1/s1. The van der Waals surface area contributed by atoms with E-state index in [-0.39, 0.29) is 17.3 Å². The predicted molar refractivity (Wildman–Crippen MR) is 144 cm³/mol. The number of rotatable bonds is 2. The average molecular weight is 540 g/mol. The van der Waals surface area contributed by atoms with Crippen LogP contribution in [0.15, 0.2) is 83.3 Å². The molecule has 2 heterocycles. The third-order valence-electron chi connectivity index (χ3n) is 7.95. The van der Waals surface area contributed by atoms with Crippen molar-refractivity contribution >= 4 is 45.0 Å². The Labute approximate surface area is 219 Å². The van der Waals surface area contributed by atoms with E-state index in [9.17, 15) is 14.4 Å². The van der Waals surface area contributed by atoms with Crippen LogP contribution in [0, 0.1) is 10.8 Å². The van der Waals surface area contributed by atoms with E-state index in [0.717, 1.165) is 21.3 Å². The number of anilines is 1. The van der Waals surface area contributed by atoms with Gasteiger partial charge in [0.05, 0.1) is 12.1 Å². The molecule has 3 aromatic rings. The number of hydrogen-bond donors (Lipinski definition) is 0. The van der Waals surface area contributed by atoms with Gasteiger partial charge < -0.3 is 4.90 Å². The van der Waals surface area contributed by atoms with Crippen LogP contribution in [0.4, 0.5) is 5.69 Å². The van der Waals surface area contributed by atoms with Gasteiger partial charge in [-0.25, -0.2) is 0 Å². The van der Waals surface area contributed by atoms with Gasteiger partial charge in [0.25, 0.3) is 0 Å². The van der Waals surface area contributed by atoms with Crippen LogP contribution >= 0.6 is 15.9 Å². The number of hydrogen-bond acceptors (Lipinski definition) is 4. The summed E-state index contributed by atoms with van der Waals surface area (Å²) in [6.45, 7) is 5.73. The van der Waals surface area contributed by atoms with E-state index in [1.54, 1.807) is 24.3 Å². The molecule has 1 spiro atoms. The van der Waals surface area contributed by atoms with Crippen LogP contribution in [-0.4, -0.2) is 29.4 Å². The first-order valence-corrected chi connectivity index (χ1v) is 13.0. The fourth-order valence-electron chi connectivity index (χ4n) is 6.40. The normalized spacial score (nSPS) is 23.6. The molecule has 4 nitrogen and oxygen atoms in total. The van der Waals surface area contributed by atoms with E-state index in [2.05, 4.69) is 20.8 Å². The van der Waals surface area contributed by atoms with Crippen LogP contribution in [-0.2, 0) is 4.79 Å². The quantitative estimate of drug-likeness (QED) is 0.349. The molecule has 0 amide bonds. The summed E-state index contributed by atoms with van der Waals surface area (Å²) in [5, 5.41) is 0. The van der Waals surface area contributed by atoms with Crippen molar-refractivity contribution in [3.63, 3.8) is 0 Å². The highest BCUT2D eigenvalue weighted by Gasteiger charge is 2.71. The number of halogens is 1. The molecule has 3 aliphatic rings. The van der Waals surface area contributed by atoms with Crippen molar-refractivity contribution in [2.45, 2.75) is 38.8 Å². The van der Waals surface area contributed by atoms with Crippen molar-refractivity contribution in [1.29, 1.82) is 0 Å². The van der Waals surface area contributed by atoms with Crippen LogP contribution in [0.2, 0.25) is 0 Å². The lowest BCUT2D eigenvalue weighted by atomic mass is 9.63. The molecule has 0 bridgehead atoms. The highest BCUT2D eigenvalue weighted by atomic mass is 79.9. The van der Waals surface area contributed by atoms with Crippen molar-refractivity contribution in [2.75, 3.05) is 4.90 Å². The molecule has 36 heavy (non-hydrogen) atoms. The van der Waals surface area contributed by atoms with Crippen molar-refractivity contribution in [3.05, 3.63) is 106 Å². The van der Waals surface area contributed by atoms with Gasteiger partial charge >= 0.3 is 0 Å². The van der Waals surface area contributed by atoms with Gasteiger partial charge in [0.2, 0.25) is 0 Å². The molecule has 0 unspecified atom stereocenters. The molecule has 1 fully saturated rings. The van der Waals surface area contributed by atoms with Gasteiger partial charge in [0.1, 0.15) is 5.41 Å². The maximum absolute atomic E-state index is 14.5. The van der Waals surface area contributed by atoms with Crippen molar-refractivity contribution in [2.24, 2.45) is 10.8 Å². The Morgan fingerprint density at radius 3 is 2.06 bits per heavy atom. The van der Waals surface area contributed by atoms with Gasteiger partial charge in [0.15, 0.2) is 17.3 Å². The zero-order valence-corrected chi connectivity index (χ0v) is 22.0. The second-order valence-corrected chi connectivity index (χ2v) is 11.8. The number of Topliss-reactive ketones (excluding diaryl/α,β-unsaturated/α-hetero) is 3. The number of benzene rings is 3. The van der Waals surface area contributed by atoms with E-state index in [1.807, 2.05) is 81.5 Å². The predicted octanol–water partition coefficient (Wildman–Crippen LogP) is 6.50. The minimum atomic E-state index is -1.44. The second kappa shape index (κ2) is 7.84. The molecule has 180 valence electrons. The van der Waals surface area contributed by atoms with Crippen LogP contribution in [0.3, 0.4) is 0 Å². The summed E-state index contributed by atoms with van der Waals surface area (Å²) < 4.78 is 0.896. The van der Waals surface area contributed by atoms with Gasteiger partial charge in [0, 0.05) is 32.6 Å². The highest BCUT2D eigenvalue weighted by molar-refractivity contribution is 9.10. The monoisotopic (exact) mass is 539 g/mol. The fraction of sp³-hybridized carbons (Fsp3) is 0.258. The Kier molecular flexibility index (Phi) is 5.03. The minimum absolute atomic E-state index is 0.0129. The van der Waals surface area contributed by atoms with Crippen LogP contribution in [0.5, 0.6) is 0 Å². The van der Waals surface area contributed by atoms with Crippen LogP contribution < -0.4 is 4.90 Å². The molecule has 6 rings (SSSR count). The minimum Gasteiger partial charge on any atom is -0.352 e. The lowest BCUT2D eigenvalue weighted by Crippen LogP contribution is -2.49. The zero-order chi connectivity index (χ0) is 25.4. The average Bonchev–Trinajstić information content (AvgIpc) is 3.30. The summed E-state index contributed by atoms with van der Waals surface area (Å²) in [6, 6.07) is 21.4. The Hall–Kier alpha value is -3.31. The van der Waals surface area contributed by atoms with E-state index >= 15 is 0 Å². The molecular formula is C31H26BrNO3. The van der Waals surface area contributed by atoms with Crippen LogP contribution in [0.25, 0.3) is 6.08 Å². The van der Waals surface area contributed by atoms with Crippen LogP contribution in [0.1, 0.15) is 58.5 Å². The second-order valence-electron chi connectivity index (χ2n) is 10.9. The van der Waals surface area contributed by atoms with E-state index < -0.39 is 28.8 Å². The summed E-state index contributed by atoms with van der Waals surface area (Å²) in [6.07, 6.45) is 3.95. The maximum Gasteiger partial charge on any atom is 0.180 e. The molecular weight excluding hydrogens is 514 g/mol. The maximum atomic E-state index is 14.5. The molecule has 0 N–H and O–H groups in total. The van der Waals surface area contributed by atoms with Gasteiger partial charge in [-0.1, -0.05) is 103 Å². The SMILES string of the molecule is CC(C)(C)C(=O)[C@@H]1[C@@H](c2ccc(Br)cc2)C2(C(=O)c3ccccc3C2=O)[C@H]2C=Cc3ccccc3N12. The first kappa shape index (κ1) is 23.1. The molecule has 1 aliphatic carbocycles. The summed E-state index contributed by atoms with van der Waals surface area (Å²) in [5.41, 5.74) is 1.44. The molecule has 5 heteroatoms. The number of fused-ring (bicyclic) bond motifs is 5. The number of ketones is 3. The van der Waals surface area contributed by atoms with Gasteiger partial charge in [-0.2, -0.15) is 0 Å². The lowest BCUT2D eigenvalue weighted by Gasteiger charge is -2.38. The van der Waals surface area contributed by atoms with Crippen molar-refractivity contribution < 1.29 is 14.4 Å². The zero-order valence-electron chi connectivity index (χ0n) is 20.4. The van der Waals surface area contributed by atoms with Gasteiger partial charge in [-0.3, -0.25) is 14.4 Å². The number of nitrogens with zero attached hydrogens (tertiary/aromatic N) is 1. The lowest BCUT2D eigenvalue weighted by molar-refractivity contribution is -0.127. The first-order valence-electron chi connectivity index (χ1n) is 12.2. The largest absolute Gasteiger partial charge is 0.352 e. The molecule has 0 aromatic heterocycles.